The van der Waals surface area contributed by atoms with Crippen molar-refractivity contribution in [1.82, 2.24) is 14.7 Å². The fraction of sp³-hybridized carbons (Fsp3) is 0.320. The van der Waals surface area contributed by atoms with Crippen molar-refractivity contribution in [3.05, 3.63) is 77.1 Å². The molecule has 0 bridgehead atoms. The molecule has 0 aliphatic carbocycles. The van der Waals surface area contributed by atoms with E-state index in [9.17, 15) is 9.59 Å². The summed E-state index contributed by atoms with van der Waals surface area (Å²) in [5.41, 5.74) is 6.04. The van der Waals surface area contributed by atoms with Gasteiger partial charge in [0.25, 0.3) is 0 Å². The van der Waals surface area contributed by atoms with E-state index in [1.54, 1.807) is 4.90 Å². The summed E-state index contributed by atoms with van der Waals surface area (Å²) in [6.45, 7) is 4.51. The van der Waals surface area contributed by atoms with E-state index in [4.69, 9.17) is 0 Å². The summed E-state index contributed by atoms with van der Waals surface area (Å²) in [6.07, 6.45) is 1.58. The number of amides is 2. The van der Waals surface area contributed by atoms with Gasteiger partial charge in [0.15, 0.2) is 0 Å². The summed E-state index contributed by atoms with van der Waals surface area (Å²) in [4.78, 5) is 27.0. The minimum absolute atomic E-state index is 0.00461. The summed E-state index contributed by atoms with van der Waals surface area (Å²) >= 11 is 0. The Bertz CT molecular complexity index is 1100. The monoisotopic (exact) mass is 416 g/mol. The van der Waals surface area contributed by atoms with Crippen molar-refractivity contribution in [1.29, 1.82) is 0 Å². The van der Waals surface area contributed by atoms with Crippen LogP contribution in [0.2, 0.25) is 0 Å². The third-order valence-corrected chi connectivity index (χ3v) is 6.08. The molecule has 1 unspecified atom stereocenters. The van der Waals surface area contributed by atoms with Crippen molar-refractivity contribution in [2.45, 2.75) is 39.7 Å². The first-order valence-electron chi connectivity index (χ1n) is 10.7. The molecule has 3 aromatic rings. The molecule has 1 aliphatic rings. The average molecular weight is 417 g/mol. The Labute approximate surface area is 182 Å². The maximum Gasteiger partial charge on any atom is 0.227 e. The molecule has 2 amide bonds. The molecule has 1 N–H and O–H groups in total. The van der Waals surface area contributed by atoms with Crippen LogP contribution < -0.4 is 5.32 Å². The number of carbonyl (C=O) groups is 2. The molecule has 2 heterocycles. The number of nitrogens with zero attached hydrogens (tertiary/aromatic N) is 3. The quantitative estimate of drug-likeness (QED) is 0.659. The van der Waals surface area contributed by atoms with Crippen LogP contribution >= 0.6 is 0 Å². The van der Waals surface area contributed by atoms with Gasteiger partial charge in [0.2, 0.25) is 11.8 Å². The number of para-hydroxylation sites is 2. The zero-order valence-electron chi connectivity index (χ0n) is 18.3. The number of hydrogen-bond donors (Lipinski definition) is 1. The van der Waals surface area contributed by atoms with Gasteiger partial charge in [0.05, 0.1) is 11.4 Å². The van der Waals surface area contributed by atoms with E-state index < -0.39 is 0 Å². The first-order valence-corrected chi connectivity index (χ1v) is 10.7. The van der Waals surface area contributed by atoms with Crippen molar-refractivity contribution in [2.75, 3.05) is 12.4 Å². The lowest BCUT2D eigenvalue weighted by Crippen LogP contribution is -2.32. The van der Waals surface area contributed by atoms with Gasteiger partial charge in [0.1, 0.15) is 0 Å². The standard InChI is InChI=1S/C25H28N4O2/c1-17-22(18(2)29(27-17)21-10-5-4-6-11-21)16-28(3)24(30)14-13-20-15-19-9-7-8-12-23(19)26-25(20)31/h4-12,20H,13-16H2,1-3H3,(H,26,31). The van der Waals surface area contributed by atoms with Crippen molar-refractivity contribution >= 4 is 17.5 Å². The molecule has 31 heavy (non-hydrogen) atoms. The summed E-state index contributed by atoms with van der Waals surface area (Å²) in [5.74, 6) is -0.126. The van der Waals surface area contributed by atoms with Gasteiger partial charge < -0.3 is 10.2 Å². The fourth-order valence-corrected chi connectivity index (χ4v) is 4.18. The van der Waals surface area contributed by atoms with Crippen LogP contribution in [-0.4, -0.2) is 33.5 Å². The van der Waals surface area contributed by atoms with E-state index in [1.807, 2.05) is 80.2 Å². The molecule has 2 aromatic carbocycles. The minimum atomic E-state index is -0.170. The molecule has 1 aromatic heterocycles. The van der Waals surface area contributed by atoms with Gasteiger partial charge in [-0.25, -0.2) is 4.68 Å². The van der Waals surface area contributed by atoms with E-state index in [0.717, 1.165) is 33.9 Å². The predicted octanol–water partition coefficient (Wildman–Crippen LogP) is 4.04. The second-order valence-electron chi connectivity index (χ2n) is 8.23. The highest BCUT2D eigenvalue weighted by Gasteiger charge is 2.27. The molecule has 160 valence electrons. The third-order valence-electron chi connectivity index (χ3n) is 6.08. The summed E-state index contributed by atoms with van der Waals surface area (Å²) < 4.78 is 1.92. The number of carbonyl (C=O) groups excluding carboxylic acids is 2. The first-order chi connectivity index (χ1) is 14.9. The predicted molar refractivity (Wildman–Crippen MR) is 121 cm³/mol. The molecule has 0 spiro atoms. The van der Waals surface area contributed by atoms with Crippen molar-refractivity contribution in [2.24, 2.45) is 5.92 Å². The number of fused-ring (bicyclic) bond motifs is 1. The number of aromatic nitrogens is 2. The lowest BCUT2D eigenvalue weighted by atomic mass is 9.89. The molecule has 1 aliphatic heterocycles. The average Bonchev–Trinajstić information content (AvgIpc) is 3.06. The number of rotatable bonds is 6. The number of aryl methyl sites for hydroxylation is 1. The van der Waals surface area contributed by atoms with E-state index in [1.165, 1.54) is 0 Å². The second-order valence-corrected chi connectivity index (χ2v) is 8.23. The van der Waals surface area contributed by atoms with E-state index in [-0.39, 0.29) is 17.7 Å². The van der Waals surface area contributed by atoms with E-state index in [0.29, 0.717) is 25.8 Å². The Morgan fingerprint density at radius 2 is 1.84 bits per heavy atom. The van der Waals surface area contributed by atoms with Gasteiger partial charge in [-0.1, -0.05) is 36.4 Å². The van der Waals surface area contributed by atoms with Crippen LogP contribution in [0, 0.1) is 19.8 Å². The number of benzene rings is 2. The largest absolute Gasteiger partial charge is 0.341 e. The zero-order chi connectivity index (χ0) is 22.0. The van der Waals surface area contributed by atoms with Gasteiger partial charge >= 0.3 is 0 Å². The second kappa shape index (κ2) is 8.76. The minimum Gasteiger partial charge on any atom is -0.341 e. The first kappa shape index (κ1) is 20.8. The summed E-state index contributed by atoms with van der Waals surface area (Å²) in [5, 5.41) is 7.63. The third kappa shape index (κ3) is 4.38. The molecular weight excluding hydrogens is 388 g/mol. The van der Waals surface area contributed by atoms with Gasteiger partial charge in [-0.05, 0) is 50.5 Å². The van der Waals surface area contributed by atoms with E-state index in [2.05, 4.69) is 10.4 Å². The van der Waals surface area contributed by atoms with E-state index >= 15 is 0 Å². The Hall–Kier alpha value is -3.41. The molecule has 1 atom stereocenters. The summed E-state index contributed by atoms with van der Waals surface area (Å²) in [7, 11) is 1.82. The molecule has 0 radical (unpaired) electrons. The molecule has 4 rings (SSSR count). The Morgan fingerprint density at radius 3 is 2.61 bits per heavy atom. The molecular formula is C25H28N4O2. The highest BCUT2D eigenvalue weighted by molar-refractivity contribution is 5.96. The van der Waals surface area contributed by atoms with Gasteiger partial charge in [-0.3, -0.25) is 9.59 Å². The highest BCUT2D eigenvalue weighted by atomic mass is 16.2. The van der Waals surface area contributed by atoms with Crippen molar-refractivity contribution < 1.29 is 9.59 Å². The van der Waals surface area contributed by atoms with Crippen LogP contribution in [0.25, 0.3) is 5.69 Å². The smallest absolute Gasteiger partial charge is 0.227 e. The maximum absolute atomic E-state index is 12.8. The normalized spacial score (nSPS) is 15.3. The SMILES string of the molecule is Cc1nn(-c2ccccc2)c(C)c1CN(C)C(=O)CCC1Cc2ccccc2NC1=O. The maximum atomic E-state index is 12.8. The van der Waals surface area contributed by atoms with Crippen molar-refractivity contribution in [3.63, 3.8) is 0 Å². The highest BCUT2D eigenvalue weighted by Crippen LogP contribution is 2.28. The summed E-state index contributed by atoms with van der Waals surface area (Å²) in [6, 6.07) is 17.8. The zero-order valence-corrected chi connectivity index (χ0v) is 18.3. The number of hydrogen-bond acceptors (Lipinski definition) is 3. The van der Waals surface area contributed by atoms with Crippen LogP contribution in [0.4, 0.5) is 5.69 Å². The van der Waals surface area contributed by atoms with Gasteiger partial charge in [-0.15, -0.1) is 0 Å². The lowest BCUT2D eigenvalue weighted by Gasteiger charge is -2.25. The number of anilines is 1. The molecule has 0 saturated heterocycles. The van der Waals surface area contributed by atoms with Crippen LogP contribution in [0.5, 0.6) is 0 Å². The lowest BCUT2D eigenvalue weighted by molar-refractivity contribution is -0.131. The Balaban J connectivity index is 1.39. The number of nitrogens with one attached hydrogen (secondary N) is 1. The van der Waals surface area contributed by atoms with Crippen LogP contribution in [0.1, 0.15) is 35.4 Å². The van der Waals surface area contributed by atoms with Crippen LogP contribution in [0.3, 0.4) is 0 Å². The molecule has 0 saturated carbocycles. The fourth-order valence-electron chi connectivity index (χ4n) is 4.18. The topological polar surface area (TPSA) is 67.2 Å². The van der Waals surface area contributed by atoms with Crippen LogP contribution in [-0.2, 0) is 22.6 Å². The molecule has 0 fully saturated rings. The van der Waals surface area contributed by atoms with Gasteiger partial charge in [0, 0.05) is 42.9 Å². The molecule has 6 heteroatoms. The molecule has 6 nitrogen and oxygen atoms in total. The van der Waals surface area contributed by atoms with Crippen molar-refractivity contribution in [3.8, 4) is 5.69 Å². The Kier molecular flexibility index (Phi) is 5.89. The Morgan fingerprint density at radius 1 is 1.13 bits per heavy atom. The van der Waals surface area contributed by atoms with Crippen LogP contribution in [0.15, 0.2) is 54.6 Å². The van der Waals surface area contributed by atoms with Gasteiger partial charge in [-0.2, -0.15) is 5.10 Å².